The Morgan fingerprint density at radius 3 is 2.55 bits per heavy atom. The number of amides is 1. The Balaban J connectivity index is 1.42. The number of aryl methyl sites for hydroxylation is 2. The molecule has 1 aliphatic rings. The van der Waals surface area contributed by atoms with Gasteiger partial charge in [0.05, 0.1) is 12.2 Å². The number of anilines is 1. The molecule has 2 N–H and O–H groups in total. The molecule has 31 heavy (non-hydrogen) atoms. The number of carbonyl (C=O) groups excluding carboxylic acids is 2. The molecule has 0 saturated carbocycles. The average molecular weight is 427 g/mol. The molecular weight excluding hydrogens is 392 g/mol. The van der Waals surface area contributed by atoms with Gasteiger partial charge in [-0.15, -0.1) is 0 Å². The van der Waals surface area contributed by atoms with Crippen LogP contribution in [0.25, 0.3) is 0 Å². The number of ether oxygens (including phenoxy) is 1. The molecule has 2 heterocycles. The number of aromatic amines is 1. The Morgan fingerprint density at radius 1 is 1.13 bits per heavy atom. The van der Waals surface area contributed by atoms with Crippen molar-refractivity contribution in [3.05, 3.63) is 52.3 Å². The van der Waals surface area contributed by atoms with Crippen molar-refractivity contribution in [2.75, 3.05) is 50.8 Å². The molecule has 1 aromatic carbocycles. The van der Waals surface area contributed by atoms with Crippen LogP contribution in [0.15, 0.2) is 24.3 Å². The lowest BCUT2D eigenvalue weighted by molar-refractivity contribution is 0.0525. The van der Waals surface area contributed by atoms with Gasteiger partial charge in [-0.3, -0.25) is 9.69 Å². The number of esters is 1. The maximum absolute atomic E-state index is 12.6. The molecule has 2 aromatic rings. The number of rotatable bonds is 8. The number of benzene rings is 1. The van der Waals surface area contributed by atoms with Crippen molar-refractivity contribution in [1.29, 1.82) is 0 Å². The second-order valence-electron chi connectivity index (χ2n) is 8.12. The molecule has 1 saturated heterocycles. The van der Waals surface area contributed by atoms with Gasteiger partial charge in [-0.25, -0.2) is 4.79 Å². The molecule has 7 heteroatoms. The highest BCUT2D eigenvalue weighted by molar-refractivity contribution is 6.00. The van der Waals surface area contributed by atoms with Crippen molar-refractivity contribution >= 4 is 17.6 Å². The van der Waals surface area contributed by atoms with Gasteiger partial charge in [0.15, 0.2) is 0 Å². The maximum atomic E-state index is 12.6. The third-order valence-electron chi connectivity index (χ3n) is 5.82. The fourth-order valence-corrected chi connectivity index (χ4v) is 4.13. The van der Waals surface area contributed by atoms with Crippen LogP contribution in [0.4, 0.5) is 5.69 Å². The molecule has 0 bridgehead atoms. The molecule has 0 spiro atoms. The largest absolute Gasteiger partial charge is 0.462 e. The van der Waals surface area contributed by atoms with Crippen LogP contribution < -0.4 is 10.2 Å². The summed E-state index contributed by atoms with van der Waals surface area (Å²) in [5, 5.41) is 2.97. The number of nitrogens with one attached hydrogen (secondary N) is 2. The Morgan fingerprint density at radius 2 is 1.87 bits per heavy atom. The fraction of sp³-hybridized carbons (Fsp3) is 0.500. The van der Waals surface area contributed by atoms with E-state index in [4.69, 9.17) is 4.74 Å². The molecule has 168 valence electrons. The molecule has 7 nitrogen and oxygen atoms in total. The van der Waals surface area contributed by atoms with E-state index in [1.54, 1.807) is 20.8 Å². The summed E-state index contributed by atoms with van der Waals surface area (Å²) < 4.78 is 5.09. The van der Waals surface area contributed by atoms with Gasteiger partial charge in [0.25, 0.3) is 5.91 Å². The van der Waals surface area contributed by atoms with E-state index in [2.05, 4.69) is 51.3 Å². The van der Waals surface area contributed by atoms with E-state index in [1.807, 2.05) is 0 Å². The predicted molar refractivity (Wildman–Crippen MR) is 123 cm³/mol. The quantitative estimate of drug-likeness (QED) is 0.501. The van der Waals surface area contributed by atoms with Gasteiger partial charge >= 0.3 is 5.97 Å². The van der Waals surface area contributed by atoms with Gasteiger partial charge in [0, 0.05) is 44.1 Å². The molecule has 0 atom stereocenters. The van der Waals surface area contributed by atoms with Gasteiger partial charge in [0.2, 0.25) is 0 Å². The van der Waals surface area contributed by atoms with Crippen molar-refractivity contribution in [1.82, 2.24) is 15.2 Å². The second-order valence-corrected chi connectivity index (χ2v) is 8.12. The highest BCUT2D eigenvalue weighted by atomic mass is 16.5. The smallest absolute Gasteiger partial charge is 0.340 e. The molecule has 0 unspecified atom stereocenters. The first kappa shape index (κ1) is 22.9. The summed E-state index contributed by atoms with van der Waals surface area (Å²) in [4.78, 5) is 32.6. The standard InChI is InChI=1S/C24H34N4O3/c1-5-31-24(30)21-18(3)22(26-19(21)4)23(29)25-10-7-11-27-12-14-28(15-13-27)20-9-6-8-17(2)16-20/h6,8-9,16,26H,5,7,10-15H2,1-4H3,(H,25,29). The van der Waals surface area contributed by atoms with E-state index in [-0.39, 0.29) is 5.91 Å². The molecule has 3 rings (SSSR count). The minimum Gasteiger partial charge on any atom is -0.462 e. The van der Waals surface area contributed by atoms with E-state index in [0.29, 0.717) is 35.7 Å². The topological polar surface area (TPSA) is 77.7 Å². The fourth-order valence-electron chi connectivity index (χ4n) is 4.13. The Bertz CT molecular complexity index is 914. The van der Waals surface area contributed by atoms with Crippen molar-refractivity contribution in [2.24, 2.45) is 0 Å². The normalized spacial score (nSPS) is 14.5. The summed E-state index contributed by atoms with van der Waals surface area (Å²) in [6.45, 7) is 13.4. The zero-order chi connectivity index (χ0) is 22.4. The number of aromatic nitrogens is 1. The number of nitrogens with zero attached hydrogens (tertiary/aromatic N) is 2. The summed E-state index contributed by atoms with van der Waals surface area (Å²) >= 11 is 0. The molecule has 1 amide bonds. The first-order chi connectivity index (χ1) is 14.9. The monoisotopic (exact) mass is 426 g/mol. The number of hydrogen-bond donors (Lipinski definition) is 2. The van der Waals surface area contributed by atoms with Crippen LogP contribution in [0.2, 0.25) is 0 Å². The van der Waals surface area contributed by atoms with Crippen LogP contribution in [0, 0.1) is 20.8 Å². The Labute approximate surface area is 184 Å². The molecule has 1 fully saturated rings. The maximum Gasteiger partial charge on any atom is 0.340 e. The zero-order valence-electron chi connectivity index (χ0n) is 19.1. The summed E-state index contributed by atoms with van der Waals surface area (Å²) in [7, 11) is 0. The van der Waals surface area contributed by atoms with E-state index in [1.165, 1.54) is 11.3 Å². The van der Waals surface area contributed by atoms with Crippen LogP contribution in [-0.4, -0.2) is 67.6 Å². The van der Waals surface area contributed by atoms with Crippen molar-refractivity contribution in [3.8, 4) is 0 Å². The SMILES string of the molecule is CCOC(=O)c1c(C)[nH]c(C(=O)NCCCN2CCN(c3cccc(C)c3)CC2)c1C. The van der Waals surface area contributed by atoms with Gasteiger partial charge < -0.3 is 19.9 Å². The lowest BCUT2D eigenvalue weighted by Gasteiger charge is -2.36. The van der Waals surface area contributed by atoms with Crippen LogP contribution >= 0.6 is 0 Å². The minimum atomic E-state index is -0.391. The third kappa shape index (κ3) is 5.67. The van der Waals surface area contributed by atoms with Crippen molar-refractivity contribution < 1.29 is 14.3 Å². The number of piperazine rings is 1. The molecule has 0 aliphatic carbocycles. The molecule has 1 aromatic heterocycles. The highest BCUT2D eigenvalue weighted by Gasteiger charge is 2.23. The van der Waals surface area contributed by atoms with Crippen LogP contribution in [0.3, 0.4) is 0 Å². The van der Waals surface area contributed by atoms with E-state index in [0.717, 1.165) is 39.1 Å². The predicted octanol–water partition coefficient (Wildman–Crippen LogP) is 3.06. The number of H-pyrrole nitrogens is 1. The van der Waals surface area contributed by atoms with E-state index in [9.17, 15) is 9.59 Å². The lowest BCUT2D eigenvalue weighted by atomic mass is 10.1. The van der Waals surface area contributed by atoms with Crippen molar-refractivity contribution in [3.63, 3.8) is 0 Å². The minimum absolute atomic E-state index is 0.180. The summed E-state index contributed by atoms with van der Waals surface area (Å²) in [5.41, 5.74) is 4.78. The molecule has 1 aliphatic heterocycles. The first-order valence-corrected chi connectivity index (χ1v) is 11.1. The number of carbonyl (C=O) groups is 2. The average Bonchev–Trinajstić information content (AvgIpc) is 3.06. The van der Waals surface area contributed by atoms with Gasteiger partial charge in [-0.1, -0.05) is 12.1 Å². The highest BCUT2D eigenvalue weighted by Crippen LogP contribution is 2.19. The van der Waals surface area contributed by atoms with Crippen LogP contribution in [-0.2, 0) is 4.74 Å². The summed E-state index contributed by atoms with van der Waals surface area (Å²) in [5.74, 6) is -0.571. The van der Waals surface area contributed by atoms with E-state index < -0.39 is 5.97 Å². The third-order valence-corrected chi connectivity index (χ3v) is 5.82. The van der Waals surface area contributed by atoms with Gasteiger partial charge in [0.1, 0.15) is 5.69 Å². The van der Waals surface area contributed by atoms with Gasteiger partial charge in [-0.05, 0) is 63.9 Å². The first-order valence-electron chi connectivity index (χ1n) is 11.1. The Hall–Kier alpha value is -2.80. The lowest BCUT2D eigenvalue weighted by Crippen LogP contribution is -2.47. The summed E-state index contributed by atoms with van der Waals surface area (Å²) in [6, 6.07) is 8.66. The van der Waals surface area contributed by atoms with Crippen LogP contribution in [0.1, 0.15) is 51.0 Å². The Kier molecular flexibility index (Phi) is 7.74. The molecular formula is C24H34N4O3. The second kappa shape index (κ2) is 10.5. The molecule has 0 radical (unpaired) electrons. The number of hydrogen-bond acceptors (Lipinski definition) is 5. The van der Waals surface area contributed by atoms with Crippen LogP contribution in [0.5, 0.6) is 0 Å². The van der Waals surface area contributed by atoms with Crippen molar-refractivity contribution in [2.45, 2.75) is 34.1 Å². The van der Waals surface area contributed by atoms with Gasteiger partial charge in [-0.2, -0.15) is 0 Å². The van der Waals surface area contributed by atoms with E-state index >= 15 is 0 Å². The zero-order valence-corrected chi connectivity index (χ0v) is 19.1. The summed E-state index contributed by atoms with van der Waals surface area (Å²) in [6.07, 6.45) is 0.889.